The summed E-state index contributed by atoms with van der Waals surface area (Å²) in [7, 11) is 0. The first-order valence-electron chi connectivity index (χ1n) is 6.77. The minimum Gasteiger partial charge on any atom is -0.271 e. The van der Waals surface area contributed by atoms with Crippen LogP contribution in [0.3, 0.4) is 0 Å². The van der Waals surface area contributed by atoms with Crippen LogP contribution in [0, 0.1) is 11.7 Å². The standard InChI is InChI=1S/C14H24FN3/c1-3-5-6-11(4-2)7-14(18-16)12-8-13(15)10-17-9-12/h8-11,14,18H,3-7,16H2,1-2H3. The van der Waals surface area contributed by atoms with Gasteiger partial charge in [0.25, 0.3) is 0 Å². The number of hydrogen-bond acceptors (Lipinski definition) is 3. The van der Waals surface area contributed by atoms with Crippen molar-refractivity contribution in [3.8, 4) is 0 Å². The molecule has 0 saturated carbocycles. The molecule has 0 radical (unpaired) electrons. The van der Waals surface area contributed by atoms with Crippen LogP contribution in [0.25, 0.3) is 0 Å². The minimum atomic E-state index is -0.311. The van der Waals surface area contributed by atoms with E-state index in [-0.39, 0.29) is 11.9 Å². The van der Waals surface area contributed by atoms with Crippen LogP contribution in [0.1, 0.15) is 57.6 Å². The molecule has 0 aromatic carbocycles. The van der Waals surface area contributed by atoms with Gasteiger partial charge in [-0.25, -0.2) is 4.39 Å². The van der Waals surface area contributed by atoms with E-state index in [9.17, 15) is 4.39 Å². The molecule has 1 aromatic heterocycles. The zero-order valence-corrected chi connectivity index (χ0v) is 11.3. The first-order chi connectivity index (χ1) is 8.71. The average molecular weight is 253 g/mol. The largest absolute Gasteiger partial charge is 0.271 e. The molecule has 0 aliphatic rings. The molecule has 2 atom stereocenters. The Morgan fingerprint density at radius 1 is 1.39 bits per heavy atom. The number of aromatic nitrogens is 1. The molecule has 0 spiro atoms. The summed E-state index contributed by atoms with van der Waals surface area (Å²) in [5.41, 5.74) is 3.61. The van der Waals surface area contributed by atoms with Crippen LogP contribution in [0.5, 0.6) is 0 Å². The zero-order chi connectivity index (χ0) is 13.4. The van der Waals surface area contributed by atoms with Crippen molar-refractivity contribution in [1.29, 1.82) is 0 Å². The molecular formula is C14H24FN3. The minimum absolute atomic E-state index is 0.0185. The quantitative estimate of drug-likeness (QED) is 0.552. The van der Waals surface area contributed by atoms with E-state index in [0.29, 0.717) is 5.92 Å². The Labute approximate surface area is 109 Å². The topological polar surface area (TPSA) is 50.9 Å². The Balaban J connectivity index is 2.65. The van der Waals surface area contributed by atoms with Gasteiger partial charge in [-0.05, 0) is 24.0 Å². The molecule has 2 unspecified atom stereocenters. The fraction of sp³-hybridized carbons (Fsp3) is 0.643. The maximum Gasteiger partial charge on any atom is 0.141 e. The van der Waals surface area contributed by atoms with Crippen molar-refractivity contribution in [2.45, 2.75) is 52.0 Å². The molecule has 0 aliphatic heterocycles. The van der Waals surface area contributed by atoms with Crippen LogP contribution in [-0.4, -0.2) is 4.98 Å². The molecule has 0 saturated heterocycles. The maximum atomic E-state index is 13.2. The van der Waals surface area contributed by atoms with E-state index in [1.54, 1.807) is 6.20 Å². The van der Waals surface area contributed by atoms with Crippen molar-refractivity contribution in [2.24, 2.45) is 11.8 Å². The average Bonchev–Trinajstić information content (AvgIpc) is 2.39. The number of nitrogens with zero attached hydrogens (tertiary/aromatic N) is 1. The summed E-state index contributed by atoms with van der Waals surface area (Å²) >= 11 is 0. The van der Waals surface area contributed by atoms with Crippen LogP contribution in [0.15, 0.2) is 18.5 Å². The van der Waals surface area contributed by atoms with E-state index < -0.39 is 0 Å². The molecule has 1 heterocycles. The number of hydrogen-bond donors (Lipinski definition) is 2. The number of halogens is 1. The first-order valence-corrected chi connectivity index (χ1v) is 6.77. The predicted molar refractivity (Wildman–Crippen MR) is 72.2 cm³/mol. The number of rotatable bonds is 8. The molecule has 3 N–H and O–H groups in total. The predicted octanol–water partition coefficient (Wildman–Crippen LogP) is 3.33. The molecule has 0 amide bonds. The van der Waals surface area contributed by atoms with E-state index in [2.05, 4.69) is 24.3 Å². The molecular weight excluding hydrogens is 229 g/mol. The lowest BCUT2D eigenvalue weighted by Crippen LogP contribution is -2.30. The lowest BCUT2D eigenvalue weighted by atomic mass is 9.90. The number of nitrogens with one attached hydrogen (secondary N) is 1. The van der Waals surface area contributed by atoms with Crippen molar-refractivity contribution in [1.82, 2.24) is 10.4 Å². The van der Waals surface area contributed by atoms with Crippen molar-refractivity contribution in [3.63, 3.8) is 0 Å². The van der Waals surface area contributed by atoms with Crippen LogP contribution in [-0.2, 0) is 0 Å². The second-order valence-corrected chi connectivity index (χ2v) is 4.81. The smallest absolute Gasteiger partial charge is 0.141 e. The lowest BCUT2D eigenvalue weighted by Gasteiger charge is -2.22. The molecule has 0 bridgehead atoms. The molecule has 102 valence electrons. The van der Waals surface area contributed by atoms with Gasteiger partial charge < -0.3 is 0 Å². The molecule has 18 heavy (non-hydrogen) atoms. The number of pyridine rings is 1. The summed E-state index contributed by atoms with van der Waals surface area (Å²) in [4.78, 5) is 3.88. The van der Waals surface area contributed by atoms with E-state index in [4.69, 9.17) is 5.84 Å². The van der Waals surface area contributed by atoms with E-state index >= 15 is 0 Å². The lowest BCUT2D eigenvalue weighted by molar-refractivity contribution is 0.355. The third kappa shape index (κ3) is 4.70. The summed E-state index contributed by atoms with van der Waals surface area (Å²) in [6.45, 7) is 4.39. The van der Waals surface area contributed by atoms with Crippen molar-refractivity contribution >= 4 is 0 Å². The molecule has 1 rings (SSSR count). The summed E-state index contributed by atoms with van der Waals surface area (Å²) in [5.74, 6) is 5.90. The van der Waals surface area contributed by atoms with Crippen molar-refractivity contribution in [2.75, 3.05) is 0 Å². The zero-order valence-electron chi connectivity index (χ0n) is 11.3. The molecule has 0 fully saturated rings. The van der Waals surface area contributed by atoms with Crippen LogP contribution >= 0.6 is 0 Å². The molecule has 4 heteroatoms. The van der Waals surface area contributed by atoms with Gasteiger partial charge >= 0.3 is 0 Å². The van der Waals surface area contributed by atoms with Crippen LogP contribution < -0.4 is 11.3 Å². The number of nitrogens with two attached hydrogens (primary N) is 1. The van der Waals surface area contributed by atoms with Gasteiger partial charge in [-0.15, -0.1) is 0 Å². The van der Waals surface area contributed by atoms with Gasteiger partial charge in [-0.2, -0.15) is 0 Å². The number of hydrazine groups is 1. The summed E-state index contributed by atoms with van der Waals surface area (Å²) < 4.78 is 13.2. The van der Waals surface area contributed by atoms with E-state index in [1.165, 1.54) is 31.5 Å². The fourth-order valence-electron chi connectivity index (χ4n) is 2.23. The van der Waals surface area contributed by atoms with Gasteiger partial charge in [0.15, 0.2) is 0 Å². The summed E-state index contributed by atoms with van der Waals surface area (Å²) in [6.07, 6.45) is 8.59. The second-order valence-electron chi connectivity index (χ2n) is 4.81. The highest BCUT2D eigenvalue weighted by atomic mass is 19.1. The summed E-state index contributed by atoms with van der Waals surface area (Å²) in [5, 5.41) is 0. The number of unbranched alkanes of at least 4 members (excludes halogenated alkanes) is 1. The van der Waals surface area contributed by atoms with Gasteiger partial charge in [0.2, 0.25) is 0 Å². The van der Waals surface area contributed by atoms with Gasteiger partial charge in [0.1, 0.15) is 5.82 Å². The van der Waals surface area contributed by atoms with E-state index in [0.717, 1.165) is 18.4 Å². The van der Waals surface area contributed by atoms with Crippen LogP contribution in [0.4, 0.5) is 4.39 Å². The second kappa shape index (κ2) is 8.16. The Morgan fingerprint density at radius 2 is 2.17 bits per heavy atom. The van der Waals surface area contributed by atoms with Crippen LogP contribution in [0.2, 0.25) is 0 Å². The highest BCUT2D eigenvalue weighted by Crippen LogP contribution is 2.26. The maximum absolute atomic E-state index is 13.2. The van der Waals surface area contributed by atoms with Crippen molar-refractivity contribution < 1.29 is 4.39 Å². The highest BCUT2D eigenvalue weighted by molar-refractivity contribution is 5.14. The third-order valence-corrected chi connectivity index (χ3v) is 3.44. The third-order valence-electron chi connectivity index (χ3n) is 3.44. The Hall–Kier alpha value is -1.00. The normalized spacial score (nSPS) is 14.4. The van der Waals surface area contributed by atoms with Gasteiger partial charge in [0, 0.05) is 12.2 Å². The van der Waals surface area contributed by atoms with Gasteiger partial charge in [0.05, 0.1) is 6.20 Å². The molecule has 1 aromatic rings. The van der Waals surface area contributed by atoms with Crippen molar-refractivity contribution in [3.05, 3.63) is 29.8 Å². The van der Waals surface area contributed by atoms with Gasteiger partial charge in [-0.1, -0.05) is 39.5 Å². The summed E-state index contributed by atoms with van der Waals surface area (Å²) in [6, 6.07) is 1.49. The van der Waals surface area contributed by atoms with E-state index in [1.807, 2.05) is 0 Å². The fourth-order valence-corrected chi connectivity index (χ4v) is 2.23. The molecule has 3 nitrogen and oxygen atoms in total. The monoisotopic (exact) mass is 253 g/mol. The Morgan fingerprint density at radius 3 is 2.72 bits per heavy atom. The highest BCUT2D eigenvalue weighted by Gasteiger charge is 2.16. The molecule has 0 aliphatic carbocycles. The Kier molecular flexibility index (Phi) is 6.83. The van der Waals surface area contributed by atoms with Gasteiger partial charge in [-0.3, -0.25) is 16.3 Å². The SMILES string of the molecule is CCCCC(CC)CC(NN)c1cncc(F)c1. The Bertz CT molecular complexity index is 344. The first kappa shape index (κ1) is 15.1.